The van der Waals surface area contributed by atoms with E-state index in [1.54, 1.807) is 0 Å². The Morgan fingerprint density at radius 1 is 0.718 bits per heavy atom. The minimum absolute atomic E-state index is 0.0180. The Morgan fingerprint density at radius 2 is 1.23 bits per heavy atom. The van der Waals surface area contributed by atoms with Crippen LogP contribution in [-0.2, 0) is 30.8 Å². The highest BCUT2D eigenvalue weighted by atomic mass is 127. The maximum Gasteiger partial charge on any atom is 0.340 e. The van der Waals surface area contributed by atoms with Gasteiger partial charge in [-0.2, -0.15) is 0 Å². The molecular weight excluding hydrogens is 849 g/mol. The first-order chi connectivity index (χ1) is 18.7. The van der Waals surface area contributed by atoms with Crippen molar-refractivity contribution in [2.24, 2.45) is 0 Å². The van der Waals surface area contributed by atoms with Crippen LogP contribution in [0.3, 0.4) is 0 Å². The predicted molar refractivity (Wildman–Crippen MR) is 180 cm³/mol. The molecule has 4 rings (SSSR count). The number of carbonyl (C=O) groups excluding carboxylic acids is 2. The van der Waals surface area contributed by atoms with Crippen LogP contribution in [0.25, 0.3) is 0 Å². The smallest absolute Gasteiger partial charge is 0.340 e. The standard InChI is InChI=1S/C31H26I3O4S/c1-31(2,38-27(35)19-20-37-30(36)28-25(32)17-18-26(33)29(28)34)21-13-15-24(16-14-21)39(22-9-5-3-6-10-22)23-11-7-4-8-12-23/h3-18H,19-20H2,1-2H3/q+1. The van der Waals surface area contributed by atoms with Gasteiger partial charge in [0, 0.05) is 10.7 Å². The maximum atomic E-state index is 12.7. The van der Waals surface area contributed by atoms with Gasteiger partial charge in [0.1, 0.15) is 12.2 Å². The first-order valence-corrected chi connectivity index (χ1v) is 16.6. The van der Waals surface area contributed by atoms with Crippen LogP contribution in [0.2, 0.25) is 0 Å². The van der Waals surface area contributed by atoms with Crippen LogP contribution >= 0.6 is 67.8 Å². The molecule has 0 radical (unpaired) electrons. The van der Waals surface area contributed by atoms with E-state index in [0.29, 0.717) is 5.56 Å². The zero-order valence-electron chi connectivity index (χ0n) is 21.3. The van der Waals surface area contributed by atoms with E-state index in [9.17, 15) is 9.59 Å². The molecule has 0 saturated carbocycles. The van der Waals surface area contributed by atoms with Crippen molar-refractivity contribution >= 4 is 90.6 Å². The lowest BCUT2D eigenvalue weighted by molar-refractivity contribution is -0.158. The molecule has 0 atom stereocenters. The summed E-state index contributed by atoms with van der Waals surface area (Å²) in [5.41, 5.74) is 0.587. The third-order valence-corrected chi connectivity index (χ3v) is 12.1. The maximum absolute atomic E-state index is 12.7. The van der Waals surface area contributed by atoms with Gasteiger partial charge in [0.2, 0.25) is 0 Å². The monoisotopic (exact) mass is 875 g/mol. The van der Waals surface area contributed by atoms with E-state index >= 15 is 0 Å². The van der Waals surface area contributed by atoms with Gasteiger partial charge < -0.3 is 9.47 Å². The number of rotatable bonds is 9. The van der Waals surface area contributed by atoms with E-state index in [-0.39, 0.29) is 23.9 Å². The molecule has 200 valence electrons. The topological polar surface area (TPSA) is 52.6 Å². The number of carbonyl (C=O) groups is 2. The van der Waals surface area contributed by atoms with Gasteiger partial charge in [0.05, 0.1) is 22.9 Å². The van der Waals surface area contributed by atoms with Gasteiger partial charge in [-0.3, -0.25) is 4.79 Å². The van der Waals surface area contributed by atoms with Gasteiger partial charge in [-0.1, -0.05) is 48.5 Å². The molecule has 0 aromatic heterocycles. The average molecular weight is 875 g/mol. The van der Waals surface area contributed by atoms with Gasteiger partial charge in [-0.05, 0) is 136 Å². The molecule has 0 saturated heterocycles. The molecule has 0 spiro atoms. The van der Waals surface area contributed by atoms with Crippen molar-refractivity contribution < 1.29 is 19.1 Å². The molecule has 0 aliphatic rings. The highest BCUT2D eigenvalue weighted by Gasteiger charge is 2.30. The molecule has 0 unspecified atom stereocenters. The minimum atomic E-state index is -0.835. The Bertz CT molecular complexity index is 1400. The van der Waals surface area contributed by atoms with Gasteiger partial charge in [0.15, 0.2) is 14.7 Å². The van der Waals surface area contributed by atoms with Crippen molar-refractivity contribution in [2.45, 2.75) is 40.6 Å². The minimum Gasteiger partial charge on any atom is -0.461 e. The lowest BCUT2D eigenvalue weighted by Crippen LogP contribution is -2.26. The van der Waals surface area contributed by atoms with Crippen molar-refractivity contribution in [2.75, 3.05) is 6.61 Å². The van der Waals surface area contributed by atoms with E-state index in [4.69, 9.17) is 9.47 Å². The fraction of sp³-hybridized carbons (Fsp3) is 0.161. The van der Waals surface area contributed by atoms with Crippen molar-refractivity contribution in [3.63, 3.8) is 0 Å². The van der Waals surface area contributed by atoms with Crippen LogP contribution in [0.5, 0.6) is 0 Å². The fourth-order valence-electron chi connectivity index (χ4n) is 3.92. The van der Waals surface area contributed by atoms with E-state index < -0.39 is 17.5 Å². The number of benzene rings is 4. The van der Waals surface area contributed by atoms with Gasteiger partial charge in [-0.25, -0.2) is 4.79 Å². The van der Waals surface area contributed by atoms with Gasteiger partial charge in [-0.15, -0.1) is 0 Å². The quantitative estimate of drug-likeness (QED) is 0.0732. The molecule has 0 aliphatic heterocycles. The van der Waals surface area contributed by atoms with Crippen molar-refractivity contribution in [1.29, 1.82) is 0 Å². The molecule has 39 heavy (non-hydrogen) atoms. The second-order valence-electron chi connectivity index (χ2n) is 9.05. The van der Waals surface area contributed by atoms with Crippen LogP contribution in [-0.4, -0.2) is 18.5 Å². The first kappa shape index (κ1) is 30.3. The van der Waals surface area contributed by atoms with E-state index in [1.807, 2.05) is 50.2 Å². The number of esters is 2. The predicted octanol–water partition coefficient (Wildman–Crippen LogP) is 8.62. The molecule has 0 fully saturated rings. The fourth-order valence-corrected chi connectivity index (χ4v) is 8.33. The molecule has 4 aromatic carbocycles. The summed E-state index contributed by atoms with van der Waals surface area (Å²) in [6, 6.07) is 33.0. The Hall–Kier alpha value is -1.64. The Labute approximate surface area is 273 Å². The average Bonchev–Trinajstić information content (AvgIpc) is 2.92. The second-order valence-corrected chi connectivity index (χ2v) is 14.5. The summed E-state index contributed by atoms with van der Waals surface area (Å²) < 4.78 is 13.9. The molecule has 0 heterocycles. The largest absolute Gasteiger partial charge is 0.461 e. The zero-order chi connectivity index (χ0) is 28.0. The Kier molecular flexibility index (Phi) is 10.7. The summed E-state index contributed by atoms with van der Waals surface area (Å²) in [7, 11) is -0.248. The third-order valence-electron chi connectivity index (χ3n) is 5.90. The lowest BCUT2D eigenvalue weighted by Gasteiger charge is -2.26. The van der Waals surface area contributed by atoms with Crippen molar-refractivity contribution in [3.8, 4) is 0 Å². The summed E-state index contributed by atoms with van der Waals surface area (Å²) in [5.74, 6) is -0.852. The molecule has 4 aromatic rings. The van der Waals surface area contributed by atoms with E-state index in [2.05, 4.69) is 128 Å². The Morgan fingerprint density at radius 3 is 1.79 bits per heavy atom. The van der Waals surface area contributed by atoms with Gasteiger partial charge in [0.25, 0.3) is 0 Å². The molecule has 0 aliphatic carbocycles. The molecular formula is C31H26I3O4S+. The lowest BCUT2D eigenvalue weighted by atomic mass is 9.98. The SMILES string of the molecule is CC(C)(OC(=O)CCOC(=O)c1c(I)ccc(I)c1I)c1ccc([S+](c2ccccc2)c2ccccc2)cc1. The Balaban J connectivity index is 1.41. The zero-order valence-corrected chi connectivity index (χ0v) is 28.6. The number of ether oxygens (including phenoxy) is 2. The van der Waals surface area contributed by atoms with E-state index in [1.165, 1.54) is 14.7 Å². The summed E-state index contributed by atoms with van der Waals surface area (Å²) in [5, 5.41) is 0. The molecule has 4 nitrogen and oxygen atoms in total. The van der Waals surface area contributed by atoms with Crippen LogP contribution in [0.15, 0.2) is 112 Å². The third kappa shape index (κ3) is 7.76. The summed E-state index contributed by atoms with van der Waals surface area (Å²) in [4.78, 5) is 29.0. The molecule has 0 N–H and O–H groups in total. The second kappa shape index (κ2) is 13.8. The highest BCUT2D eigenvalue weighted by Crippen LogP contribution is 2.33. The van der Waals surface area contributed by atoms with Crippen LogP contribution in [0.4, 0.5) is 0 Å². The summed E-state index contributed by atoms with van der Waals surface area (Å²) in [6.45, 7) is 3.70. The van der Waals surface area contributed by atoms with Crippen LogP contribution in [0.1, 0.15) is 36.2 Å². The highest BCUT2D eigenvalue weighted by molar-refractivity contribution is 14.1. The van der Waals surface area contributed by atoms with Crippen molar-refractivity contribution in [3.05, 3.63) is 119 Å². The number of hydrogen-bond donors (Lipinski definition) is 0. The first-order valence-electron chi connectivity index (χ1n) is 12.1. The number of hydrogen-bond acceptors (Lipinski definition) is 4. The summed E-state index contributed by atoms with van der Waals surface area (Å²) in [6.07, 6.45) is -0.0180. The van der Waals surface area contributed by atoms with Crippen LogP contribution in [0, 0.1) is 10.7 Å². The molecule has 0 amide bonds. The van der Waals surface area contributed by atoms with Crippen molar-refractivity contribution in [1.82, 2.24) is 0 Å². The van der Waals surface area contributed by atoms with E-state index in [0.717, 1.165) is 16.3 Å². The number of halogens is 3. The van der Waals surface area contributed by atoms with Crippen LogP contribution < -0.4 is 0 Å². The summed E-state index contributed by atoms with van der Waals surface area (Å²) >= 11 is 6.45. The molecule has 0 bridgehead atoms. The van der Waals surface area contributed by atoms with Gasteiger partial charge >= 0.3 is 11.9 Å². The molecule has 8 heteroatoms. The normalized spacial score (nSPS) is 11.3.